The van der Waals surface area contributed by atoms with Crippen LogP contribution in [0.3, 0.4) is 0 Å². The predicted molar refractivity (Wildman–Crippen MR) is 92.8 cm³/mol. The third-order valence-electron chi connectivity index (χ3n) is 4.10. The van der Waals surface area contributed by atoms with E-state index >= 15 is 0 Å². The Kier molecular flexibility index (Phi) is 4.97. The number of carbonyl (C=O) groups is 1. The number of benzene rings is 1. The molecule has 3 rings (SSSR count). The first-order valence-corrected chi connectivity index (χ1v) is 8.22. The summed E-state index contributed by atoms with van der Waals surface area (Å²) in [5.41, 5.74) is 1.45. The van der Waals surface area contributed by atoms with Crippen LogP contribution >= 0.6 is 0 Å². The largest absolute Gasteiger partial charge is 0.368 e. The molecule has 0 unspecified atom stereocenters. The summed E-state index contributed by atoms with van der Waals surface area (Å²) in [6.45, 7) is 2.87. The summed E-state index contributed by atoms with van der Waals surface area (Å²) in [7, 11) is 0. The van der Waals surface area contributed by atoms with Gasteiger partial charge < -0.3 is 15.0 Å². The van der Waals surface area contributed by atoms with E-state index in [0.29, 0.717) is 17.6 Å². The minimum Gasteiger partial charge on any atom is -0.368 e. The van der Waals surface area contributed by atoms with Gasteiger partial charge in [-0.15, -0.1) is 0 Å². The van der Waals surface area contributed by atoms with E-state index in [0.717, 1.165) is 30.3 Å². The molecular formula is C19H20N2O3. The number of hydrogen-bond donors (Lipinski definition) is 2. The smallest absolute Gasteiger partial charge is 0.257 e. The minimum absolute atomic E-state index is 0.120. The Labute approximate surface area is 140 Å². The van der Waals surface area contributed by atoms with Crippen molar-refractivity contribution in [3.05, 3.63) is 45.9 Å². The van der Waals surface area contributed by atoms with Gasteiger partial charge in [-0.25, -0.2) is 0 Å². The summed E-state index contributed by atoms with van der Waals surface area (Å²) in [4.78, 5) is 27.0. The van der Waals surface area contributed by atoms with Crippen LogP contribution in [-0.4, -0.2) is 30.1 Å². The molecular weight excluding hydrogens is 304 g/mol. The number of carbonyl (C=O) groups excluding carboxylic acids is 1. The Morgan fingerprint density at radius 1 is 1.46 bits per heavy atom. The minimum atomic E-state index is -0.348. The number of fused-ring (bicyclic) bond motifs is 1. The number of H-pyrrole nitrogens is 1. The number of nitrogens with one attached hydrogen (secondary N) is 2. The van der Waals surface area contributed by atoms with Crippen LogP contribution in [-0.2, 0) is 16.0 Å². The average molecular weight is 324 g/mol. The van der Waals surface area contributed by atoms with E-state index in [1.54, 1.807) is 0 Å². The summed E-state index contributed by atoms with van der Waals surface area (Å²) in [5.74, 6) is 5.78. The fourth-order valence-corrected chi connectivity index (χ4v) is 2.84. The number of aromatic nitrogens is 1. The second kappa shape index (κ2) is 7.33. The summed E-state index contributed by atoms with van der Waals surface area (Å²) < 4.78 is 5.32. The second-order valence-corrected chi connectivity index (χ2v) is 5.77. The van der Waals surface area contributed by atoms with Crippen LogP contribution < -0.4 is 10.9 Å². The van der Waals surface area contributed by atoms with Crippen LogP contribution in [0.25, 0.3) is 10.8 Å². The maximum Gasteiger partial charge on any atom is 0.257 e. The highest BCUT2D eigenvalue weighted by molar-refractivity contribution is 5.87. The van der Waals surface area contributed by atoms with Gasteiger partial charge in [-0.1, -0.05) is 30.9 Å². The first kappa shape index (κ1) is 16.3. The molecule has 1 amide bonds. The van der Waals surface area contributed by atoms with Crippen molar-refractivity contribution < 1.29 is 9.53 Å². The molecule has 2 N–H and O–H groups in total. The van der Waals surface area contributed by atoms with Crippen molar-refractivity contribution in [2.75, 3.05) is 13.2 Å². The van der Waals surface area contributed by atoms with Gasteiger partial charge >= 0.3 is 0 Å². The second-order valence-electron chi connectivity index (χ2n) is 5.77. The monoisotopic (exact) mass is 324 g/mol. The molecule has 1 aromatic carbocycles. The van der Waals surface area contributed by atoms with Gasteiger partial charge in [-0.05, 0) is 36.8 Å². The van der Waals surface area contributed by atoms with E-state index in [4.69, 9.17) is 4.74 Å². The zero-order valence-electron chi connectivity index (χ0n) is 13.6. The quantitative estimate of drug-likeness (QED) is 0.845. The van der Waals surface area contributed by atoms with Crippen LogP contribution in [0, 0.1) is 11.8 Å². The molecule has 0 radical (unpaired) electrons. The fourth-order valence-electron chi connectivity index (χ4n) is 2.84. The van der Waals surface area contributed by atoms with Crippen LogP contribution in [0.4, 0.5) is 0 Å². The van der Waals surface area contributed by atoms with E-state index < -0.39 is 0 Å². The highest BCUT2D eigenvalue weighted by Crippen LogP contribution is 2.15. The van der Waals surface area contributed by atoms with Gasteiger partial charge in [-0.3, -0.25) is 9.59 Å². The number of aryl methyl sites for hydroxylation is 1. The molecule has 1 fully saturated rings. The molecule has 0 aliphatic carbocycles. The topological polar surface area (TPSA) is 71.2 Å². The van der Waals surface area contributed by atoms with Crippen LogP contribution in [0.2, 0.25) is 0 Å². The molecule has 124 valence electrons. The first-order chi connectivity index (χ1) is 11.7. The lowest BCUT2D eigenvalue weighted by Gasteiger charge is -2.07. The third kappa shape index (κ3) is 3.50. The fraction of sp³-hybridized carbons (Fsp3) is 0.368. The molecule has 2 heterocycles. The van der Waals surface area contributed by atoms with Crippen molar-refractivity contribution in [3.8, 4) is 11.8 Å². The zero-order valence-corrected chi connectivity index (χ0v) is 13.6. The van der Waals surface area contributed by atoms with Crippen molar-refractivity contribution in [3.63, 3.8) is 0 Å². The van der Waals surface area contributed by atoms with Crippen LogP contribution in [0.15, 0.2) is 29.1 Å². The molecule has 2 aromatic rings. The highest BCUT2D eigenvalue weighted by atomic mass is 16.5. The lowest BCUT2D eigenvalue weighted by atomic mass is 10.1. The Morgan fingerprint density at radius 2 is 2.33 bits per heavy atom. The van der Waals surface area contributed by atoms with Gasteiger partial charge in [0, 0.05) is 17.9 Å². The number of rotatable bonds is 3. The summed E-state index contributed by atoms with van der Waals surface area (Å²) >= 11 is 0. The van der Waals surface area contributed by atoms with Crippen molar-refractivity contribution >= 4 is 16.7 Å². The molecule has 1 aromatic heterocycles. The molecule has 1 atom stereocenters. The molecule has 0 saturated carbocycles. The Hall–Kier alpha value is -2.58. The molecule has 5 heteroatoms. The standard InChI is InChI=1S/C19H20N2O3/c1-2-15-12-14-7-3-6-13(17(14)19(23)21-15)8-4-10-20-18(22)16-9-5-11-24-16/h3,6-7,12,16H,2,5,9-11H2,1H3,(H,20,22)(H,21,23)/t16-/m1/s1. The lowest BCUT2D eigenvalue weighted by Crippen LogP contribution is -2.34. The van der Waals surface area contributed by atoms with Gasteiger partial charge in [-0.2, -0.15) is 0 Å². The molecule has 5 nitrogen and oxygen atoms in total. The Bertz CT molecular complexity index is 868. The SMILES string of the molecule is CCc1cc2cccc(C#CCNC(=O)[C@H]3CCCO3)c2c(=O)[nH]1. The zero-order chi connectivity index (χ0) is 16.9. The van der Waals surface area contributed by atoms with E-state index in [2.05, 4.69) is 22.1 Å². The maximum absolute atomic E-state index is 12.3. The van der Waals surface area contributed by atoms with Gasteiger partial charge in [0.1, 0.15) is 6.10 Å². The van der Waals surface area contributed by atoms with Gasteiger partial charge in [0.25, 0.3) is 5.56 Å². The lowest BCUT2D eigenvalue weighted by molar-refractivity contribution is -0.129. The van der Waals surface area contributed by atoms with Crippen molar-refractivity contribution in [1.82, 2.24) is 10.3 Å². The van der Waals surface area contributed by atoms with Gasteiger partial charge in [0.15, 0.2) is 0 Å². The molecule has 0 bridgehead atoms. The molecule has 1 saturated heterocycles. The van der Waals surface area contributed by atoms with E-state index in [1.807, 2.05) is 31.2 Å². The molecule has 24 heavy (non-hydrogen) atoms. The average Bonchev–Trinajstić information content (AvgIpc) is 3.12. The number of amides is 1. The van der Waals surface area contributed by atoms with Crippen molar-refractivity contribution in [1.29, 1.82) is 0 Å². The number of ether oxygens (including phenoxy) is 1. The summed E-state index contributed by atoms with van der Waals surface area (Å²) in [5, 5.41) is 4.22. The van der Waals surface area contributed by atoms with E-state index in [9.17, 15) is 9.59 Å². The number of aromatic amines is 1. The van der Waals surface area contributed by atoms with Crippen molar-refractivity contribution in [2.45, 2.75) is 32.3 Å². The highest BCUT2D eigenvalue weighted by Gasteiger charge is 2.22. The van der Waals surface area contributed by atoms with Gasteiger partial charge in [0.2, 0.25) is 5.91 Å². The molecule has 1 aliphatic rings. The summed E-state index contributed by atoms with van der Waals surface area (Å²) in [6.07, 6.45) is 2.11. The number of pyridine rings is 1. The third-order valence-corrected chi connectivity index (χ3v) is 4.10. The summed E-state index contributed by atoms with van der Waals surface area (Å²) in [6, 6.07) is 7.59. The molecule has 0 spiro atoms. The Morgan fingerprint density at radius 3 is 3.08 bits per heavy atom. The van der Waals surface area contributed by atoms with Crippen LogP contribution in [0.1, 0.15) is 31.0 Å². The van der Waals surface area contributed by atoms with E-state index in [1.165, 1.54) is 0 Å². The van der Waals surface area contributed by atoms with Crippen LogP contribution in [0.5, 0.6) is 0 Å². The van der Waals surface area contributed by atoms with Crippen molar-refractivity contribution in [2.24, 2.45) is 0 Å². The predicted octanol–water partition coefficient (Wildman–Crippen LogP) is 1.74. The number of hydrogen-bond acceptors (Lipinski definition) is 3. The van der Waals surface area contributed by atoms with Gasteiger partial charge in [0.05, 0.1) is 11.9 Å². The normalized spacial score (nSPS) is 16.6. The first-order valence-electron chi connectivity index (χ1n) is 8.22. The van der Waals surface area contributed by atoms with E-state index in [-0.39, 0.29) is 24.1 Å². The Balaban J connectivity index is 1.76. The molecule has 1 aliphatic heterocycles. The maximum atomic E-state index is 12.3.